The first kappa shape index (κ1) is 27.3. The Bertz CT molecular complexity index is 1260. The number of carbonyl (C=O) groups excluding carboxylic acids is 2. The van der Waals surface area contributed by atoms with E-state index in [1.54, 1.807) is 20.6 Å². The van der Waals surface area contributed by atoms with E-state index in [0.29, 0.717) is 44.2 Å². The molecule has 3 aliphatic heterocycles. The van der Waals surface area contributed by atoms with Crippen molar-refractivity contribution < 1.29 is 29.3 Å². The first-order valence-electron chi connectivity index (χ1n) is 13.9. The highest BCUT2D eigenvalue weighted by molar-refractivity contribution is 5.98. The van der Waals surface area contributed by atoms with Crippen LogP contribution in [0, 0.1) is 11.8 Å². The van der Waals surface area contributed by atoms with Crippen molar-refractivity contribution in [1.82, 2.24) is 24.8 Å². The zero-order chi connectivity index (χ0) is 27.8. The van der Waals surface area contributed by atoms with Gasteiger partial charge in [0.05, 0.1) is 17.0 Å². The topological polar surface area (TPSA) is 138 Å². The molecule has 3 fully saturated rings. The number of unbranched alkanes of at least 4 members (excludes halogenated alkanes) is 3. The van der Waals surface area contributed by atoms with Gasteiger partial charge in [-0.3, -0.25) is 14.4 Å². The highest BCUT2D eigenvalue weighted by atomic mass is 16.5. The Labute approximate surface area is 227 Å². The molecule has 1 spiro atoms. The Hall–Kier alpha value is -3.31. The van der Waals surface area contributed by atoms with Crippen molar-refractivity contribution in [3.63, 3.8) is 0 Å². The molecule has 2 amide bonds. The number of amides is 2. The second-order valence-corrected chi connectivity index (χ2v) is 10.9. The highest BCUT2D eigenvalue weighted by Gasteiger charge is 2.79. The fraction of sp³-hybridized carbons (Fsp3) is 0.607. The lowest BCUT2D eigenvalue weighted by Crippen LogP contribution is -2.56. The molecule has 3 aliphatic rings. The first-order chi connectivity index (χ1) is 18.8. The van der Waals surface area contributed by atoms with Gasteiger partial charge in [-0.05, 0) is 44.2 Å². The smallest absolute Gasteiger partial charge is 0.310 e. The van der Waals surface area contributed by atoms with E-state index in [4.69, 9.17) is 9.84 Å². The number of aliphatic hydroxyl groups is 1. The SMILES string of the molecule is C=CCN(Cn1nnc2ccccc21)C(=O)C1N(CCCCCCO)C(=O)[C@@H]2[C@@H](C(=O)O)[C@@]3(CC)CCC12O3. The highest BCUT2D eigenvalue weighted by Crippen LogP contribution is 2.64. The van der Waals surface area contributed by atoms with Crippen LogP contribution in [-0.4, -0.2) is 89.7 Å². The number of carboxylic acids is 1. The number of likely N-dealkylation sites (tertiary alicyclic amines) is 1. The van der Waals surface area contributed by atoms with Crippen LogP contribution < -0.4 is 0 Å². The number of carbonyl (C=O) groups is 3. The molecule has 0 saturated carbocycles. The summed E-state index contributed by atoms with van der Waals surface area (Å²) in [4.78, 5) is 44.1. The van der Waals surface area contributed by atoms with Gasteiger partial charge < -0.3 is 24.7 Å². The van der Waals surface area contributed by atoms with E-state index in [1.165, 1.54) is 0 Å². The van der Waals surface area contributed by atoms with Gasteiger partial charge in [0.1, 0.15) is 29.7 Å². The maximum Gasteiger partial charge on any atom is 0.310 e. The molecule has 1 aromatic carbocycles. The maximum absolute atomic E-state index is 14.4. The van der Waals surface area contributed by atoms with Crippen molar-refractivity contribution in [1.29, 1.82) is 0 Å². The standard InChI is InChI=1S/C28H37N5O6/c1-3-15-31(18-33-20-12-8-7-11-19(20)29-30-33)25(36)23-28-14-13-27(4-2,39-28)22(26(37)38)21(28)24(35)32(23)16-9-5-6-10-17-34/h3,7-8,11-12,21-23,34H,1,4-6,9-10,13-18H2,2H3,(H,37,38)/t21-,22-,23?,27+,28?/m0/s1. The van der Waals surface area contributed by atoms with Crippen molar-refractivity contribution in [3.05, 3.63) is 36.9 Å². The second-order valence-electron chi connectivity index (χ2n) is 10.9. The van der Waals surface area contributed by atoms with E-state index in [0.717, 1.165) is 18.4 Å². The van der Waals surface area contributed by atoms with Crippen molar-refractivity contribution in [2.75, 3.05) is 19.7 Å². The fourth-order valence-electron chi connectivity index (χ4n) is 7.09. The van der Waals surface area contributed by atoms with Crippen LogP contribution in [-0.2, 0) is 25.8 Å². The molecule has 2 bridgehead atoms. The van der Waals surface area contributed by atoms with Crippen LogP contribution in [0.1, 0.15) is 51.9 Å². The van der Waals surface area contributed by atoms with Crippen LogP contribution in [0.25, 0.3) is 11.0 Å². The molecule has 1 aromatic heterocycles. The number of aliphatic carboxylic acids is 1. The molecule has 0 radical (unpaired) electrons. The summed E-state index contributed by atoms with van der Waals surface area (Å²) >= 11 is 0. The van der Waals surface area contributed by atoms with Crippen molar-refractivity contribution in [3.8, 4) is 0 Å². The maximum atomic E-state index is 14.4. The van der Waals surface area contributed by atoms with Crippen molar-refractivity contribution in [2.45, 2.75) is 75.8 Å². The minimum Gasteiger partial charge on any atom is -0.481 e. The molecule has 2 N–H and O–H groups in total. The Morgan fingerprint density at radius 2 is 2.00 bits per heavy atom. The lowest BCUT2D eigenvalue weighted by atomic mass is 9.65. The Morgan fingerprint density at radius 3 is 2.72 bits per heavy atom. The van der Waals surface area contributed by atoms with E-state index < -0.39 is 35.0 Å². The summed E-state index contributed by atoms with van der Waals surface area (Å²) < 4.78 is 8.26. The third kappa shape index (κ3) is 4.31. The summed E-state index contributed by atoms with van der Waals surface area (Å²) in [6, 6.07) is 6.52. The summed E-state index contributed by atoms with van der Waals surface area (Å²) in [6.45, 7) is 6.46. The number of hydrogen-bond donors (Lipinski definition) is 2. The Kier molecular flexibility index (Phi) is 7.47. The minimum absolute atomic E-state index is 0.0996. The number of carboxylic acid groups (broad SMARTS) is 1. The predicted molar refractivity (Wildman–Crippen MR) is 141 cm³/mol. The Balaban J connectivity index is 1.50. The van der Waals surface area contributed by atoms with Crippen molar-refractivity contribution in [2.24, 2.45) is 11.8 Å². The monoisotopic (exact) mass is 539 g/mol. The quantitative estimate of drug-likeness (QED) is 0.292. The van der Waals surface area contributed by atoms with E-state index in [-0.39, 0.29) is 31.6 Å². The van der Waals surface area contributed by atoms with Gasteiger partial charge in [-0.15, -0.1) is 11.7 Å². The normalized spacial score (nSPS) is 29.2. The molecule has 2 aromatic rings. The van der Waals surface area contributed by atoms with Crippen molar-refractivity contribution >= 4 is 28.8 Å². The molecule has 5 rings (SSSR count). The summed E-state index contributed by atoms with van der Waals surface area (Å²) in [7, 11) is 0. The molecule has 4 heterocycles. The summed E-state index contributed by atoms with van der Waals surface area (Å²) in [5.41, 5.74) is -0.673. The zero-order valence-corrected chi connectivity index (χ0v) is 22.4. The molecule has 2 unspecified atom stereocenters. The number of hydrogen-bond acceptors (Lipinski definition) is 7. The zero-order valence-electron chi connectivity index (χ0n) is 22.4. The van der Waals surface area contributed by atoms with E-state index in [2.05, 4.69) is 16.9 Å². The molecule has 5 atom stereocenters. The number of ether oxygens (including phenoxy) is 1. The summed E-state index contributed by atoms with van der Waals surface area (Å²) in [6.07, 6.45) is 5.93. The fourth-order valence-corrected chi connectivity index (χ4v) is 7.09. The van der Waals surface area contributed by atoms with Crippen LogP contribution in [0.15, 0.2) is 36.9 Å². The van der Waals surface area contributed by atoms with Crippen LogP contribution in [0.2, 0.25) is 0 Å². The van der Waals surface area contributed by atoms with Gasteiger partial charge in [0.25, 0.3) is 0 Å². The van der Waals surface area contributed by atoms with Crippen LogP contribution >= 0.6 is 0 Å². The number of benzene rings is 1. The number of para-hydroxylation sites is 1. The lowest BCUT2D eigenvalue weighted by Gasteiger charge is -2.36. The molecule has 3 saturated heterocycles. The molecule has 11 heteroatoms. The minimum atomic E-state index is -1.19. The van der Waals surface area contributed by atoms with Gasteiger partial charge >= 0.3 is 5.97 Å². The Morgan fingerprint density at radius 1 is 1.23 bits per heavy atom. The van der Waals surface area contributed by atoms with Gasteiger partial charge in [0, 0.05) is 19.7 Å². The largest absolute Gasteiger partial charge is 0.481 e. The van der Waals surface area contributed by atoms with Crippen LogP contribution in [0.3, 0.4) is 0 Å². The molecule has 210 valence electrons. The molecule has 0 aliphatic carbocycles. The first-order valence-corrected chi connectivity index (χ1v) is 13.9. The lowest BCUT2D eigenvalue weighted by molar-refractivity contribution is -0.158. The van der Waals surface area contributed by atoms with Crippen LogP contribution in [0.5, 0.6) is 0 Å². The van der Waals surface area contributed by atoms with E-state index in [9.17, 15) is 19.5 Å². The van der Waals surface area contributed by atoms with Gasteiger partial charge in [-0.25, -0.2) is 4.68 Å². The third-order valence-corrected chi connectivity index (χ3v) is 8.87. The third-order valence-electron chi connectivity index (χ3n) is 8.87. The van der Waals surface area contributed by atoms with Gasteiger partial charge in [-0.2, -0.15) is 0 Å². The number of nitrogens with zero attached hydrogens (tertiary/aromatic N) is 5. The summed E-state index contributed by atoms with van der Waals surface area (Å²) in [5.74, 6) is -3.58. The summed E-state index contributed by atoms with van der Waals surface area (Å²) in [5, 5.41) is 27.8. The molecular formula is C28H37N5O6. The van der Waals surface area contributed by atoms with E-state index in [1.807, 2.05) is 31.2 Å². The van der Waals surface area contributed by atoms with Gasteiger partial charge in [0.2, 0.25) is 11.8 Å². The number of aliphatic hydroxyl groups excluding tert-OH is 1. The predicted octanol–water partition coefficient (Wildman–Crippen LogP) is 2.20. The van der Waals surface area contributed by atoms with Crippen LogP contribution in [0.4, 0.5) is 0 Å². The number of rotatable bonds is 13. The molecule has 11 nitrogen and oxygen atoms in total. The van der Waals surface area contributed by atoms with Gasteiger partial charge in [-0.1, -0.05) is 43.2 Å². The molecule has 39 heavy (non-hydrogen) atoms. The average Bonchev–Trinajstić information content (AvgIpc) is 3.65. The second kappa shape index (κ2) is 10.7. The number of fused-ring (bicyclic) bond motifs is 2. The number of aromatic nitrogens is 3. The van der Waals surface area contributed by atoms with Gasteiger partial charge in [0.15, 0.2) is 0 Å². The molecular weight excluding hydrogens is 502 g/mol. The average molecular weight is 540 g/mol. The van der Waals surface area contributed by atoms with E-state index >= 15 is 0 Å².